The van der Waals surface area contributed by atoms with Crippen LogP contribution in [0.25, 0.3) is 33.9 Å². The number of halogens is 8. The predicted molar refractivity (Wildman–Crippen MR) is 104 cm³/mol. The third-order valence-electron chi connectivity index (χ3n) is 4.68. The average molecular weight is 504 g/mol. The van der Waals surface area contributed by atoms with Crippen molar-refractivity contribution in [3.05, 3.63) is 54.1 Å². The maximum absolute atomic E-state index is 14.8. The molecule has 184 valence electrons. The summed E-state index contributed by atoms with van der Waals surface area (Å²) in [4.78, 5) is 8.11. The number of rotatable bonds is 5. The van der Waals surface area contributed by atoms with E-state index in [4.69, 9.17) is 0 Å². The molecule has 3 aromatic heterocycles. The first-order chi connectivity index (χ1) is 16.3. The fourth-order valence-electron chi connectivity index (χ4n) is 3.30. The van der Waals surface area contributed by atoms with Gasteiger partial charge in [0.05, 0.1) is 23.3 Å². The van der Waals surface area contributed by atoms with Crippen LogP contribution in [0.15, 0.2) is 36.8 Å². The highest BCUT2D eigenvalue weighted by Gasteiger charge is 2.38. The van der Waals surface area contributed by atoms with Gasteiger partial charge in [0.25, 0.3) is 0 Å². The van der Waals surface area contributed by atoms with Crippen molar-refractivity contribution in [1.29, 1.82) is 0 Å². The topological polar surface area (TPSA) is 81.5 Å². The molecule has 4 rings (SSSR count). The first kappa shape index (κ1) is 24.1. The van der Waals surface area contributed by atoms with Crippen LogP contribution in [0.3, 0.4) is 0 Å². The minimum atomic E-state index is -4.82. The van der Waals surface area contributed by atoms with Gasteiger partial charge in [-0.2, -0.15) is 41.8 Å². The molecule has 4 aromatic rings. The number of benzene rings is 1. The number of aromatic amines is 1. The van der Waals surface area contributed by atoms with Crippen molar-refractivity contribution >= 4 is 0 Å². The lowest BCUT2D eigenvalue weighted by atomic mass is 10.0. The number of aromatic nitrogens is 6. The van der Waals surface area contributed by atoms with Gasteiger partial charge in [0.2, 0.25) is 0 Å². The molecule has 0 unspecified atom stereocenters. The monoisotopic (exact) mass is 504 g/mol. The Hall–Kier alpha value is -4.04. The van der Waals surface area contributed by atoms with Gasteiger partial charge in [0, 0.05) is 30.9 Å². The molecule has 0 saturated heterocycles. The highest BCUT2D eigenvalue weighted by atomic mass is 19.4. The Morgan fingerprint density at radius 3 is 2.40 bits per heavy atom. The highest BCUT2D eigenvalue weighted by Crippen LogP contribution is 2.40. The second-order valence-corrected chi connectivity index (χ2v) is 7.17. The van der Waals surface area contributed by atoms with E-state index in [1.165, 1.54) is 24.0 Å². The summed E-state index contributed by atoms with van der Waals surface area (Å²) in [5.41, 5.74) is -2.78. The van der Waals surface area contributed by atoms with Crippen molar-refractivity contribution in [2.24, 2.45) is 7.05 Å². The van der Waals surface area contributed by atoms with Gasteiger partial charge in [-0.15, -0.1) is 0 Å². The van der Waals surface area contributed by atoms with Crippen LogP contribution in [0.4, 0.5) is 35.1 Å². The molecule has 1 N–H and O–H groups in total. The van der Waals surface area contributed by atoms with Gasteiger partial charge in [-0.25, -0.2) is 13.8 Å². The van der Waals surface area contributed by atoms with Crippen LogP contribution in [0.5, 0.6) is 5.75 Å². The number of imidazole rings is 1. The van der Waals surface area contributed by atoms with E-state index in [1.54, 1.807) is 0 Å². The van der Waals surface area contributed by atoms with Gasteiger partial charge in [0.15, 0.2) is 12.3 Å². The number of hydrogen-bond donors (Lipinski definition) is 1. The number of H-pyrrole nitrogens is 1. The maximum atomic E-state index is 14.8. The van der Waals surface area contributed by atoms with E-state index in [1.807, 2.05) is 5.21 Å². The molecule has 0 aliphatic heterocycles. The smallest absolute Gasteiger partial charge is 0.437 e. The summed E-state index contributed by atoms with van der Waals surface area (Å²) in [5, 5.41) is 8.53. The zero-order valence-electron chi connectivity index (χ0n) is 17.3. The molecular weight excluding hydrogens is 492 g/mol. The average Bonchev–Trinajstić information content (AvgIpc) is 3.39. The Balaban J connectivity index is 1.85. The lowest BCUT2D eigenvalue weighted by molar-refractivity contribution is -0.153. The lowest BCUT2D eigenvalue weighted by Gasteiger charge is -2.16. The second kappa shape index (κ2) is 8.63. The first-order valence-electron chi connectivity index (χ1n) is 9.50. The zero-order chi connectivity index (χ0) is 25.5. The molecule has 0 atom stereocenters. The Labute approximate surface area is 190 Å². The van der Waals surface area contributed by atoms with Crippen LogP contribution in [0.1, 0.15) is 5.69 Å². The Kier molecular flexibility index (Phi) is 5.94. The summed E-state index contributed by atoms with van der Waals surface area (Å²) in [6.45, 7) is -1.82. The van der Waals surface area contributed by atoms with Crippen molar-refractivity contribution in [2.45, 2.75) is 12.4 Å². The fraction of sp³-hybridized carbons (Fsp3) is 0.200. The van der Waals surface area contributed by atoms with Gasteiger partial charge in [-0.3, -0.25) is 4.98 Å². The number of hydrogen-bond acceptors (Lipinski definition) is 5. The maximum Gasteiger partial charge on any atom is 0.437 e. The third-order valence-corrected chi connectivity index (χ3v) is 4.68. The van der Waals surface area contributed by atoms with Crippen LogP contribution in [-0.2, 0) is 13.2 Å². The Morgan fingerprint density at radius 2 is 1.71 bits per heavy atom. The van der Waals surface area contributed by atoms with Crippen molar-refractivity contribution in [1.82, 2.24) is 29.9 Å². The Bertz CT molecular complexity index is 1370. The molecule has 3 heterocycles. The molecule has 0 amide bonds. The van der Waals surface area contributed by atoms with E-state index >= 15 is 0 Å². The van der Waals surface area contributed by atoms with Crippen LogP contribution >= 0.6 is 0 Å². The minimum Gasteiger partial charge on any atom is -0.483 e. The second-order valence-electron chi connectivity index (χ2n) is 7.17. The molecule has 0 aliphatic carbocycles. The van der Waals surface area contributed by atoms with Gasteiger partial charge >= 0.3 is 12.4 Å². The summed E-state index contributed by atoms with van der Waals surface area (Å²) in [5.74, 6) is -3.19. The lowest BCUT2D eigenvalue weighted by Crippen LogP contribution is -2.20. The van der Waals surface area contributed by atoms with Gasteiger partial charge < -0.3 is 9.30 Å². The number of aryl methyl sites for hydroxylation is 1. The van der Waals surface area contributed by atoms with E-state index in [-0.39, 0.29) is 22.6 Å². The van der Waals surface area contributed by atoms with E-state index in [2.05, 4.69) is 24.9 Å². The number of nitrogens with zero attached hydrogens (tertiary/aromatic N) is 5. The summed E-state index contributed by atoms with van der Waals surface area (Å²) in [6.07, 6.45) is -7.30. The zero-order valence-corrected chi connectivity index (χ0v) is 17.3. The minimum absolute atomic E-state index is 0.0687. The summed E-state index contributed by atoms with van der Waals surface area (Å²) in [7, 11) is 1.38. The fourth-order valence-corrected chi connectivity index (χ4v) is 3.30. The van der Waals surface area contributed by atoms with Crippen LogP contribution in [0, 0.1) is 11.6 Å². The van der Waals surface area contributed by atoms with Crippen LogP contribution in [-0.4, -0.2) is 42.7 Å². The van der Waals surface area contributed by atoms with Crippen molar-refractivity contribution in [2.75, 3.05) is 6.61 Å². The number of nitrogens with one attached hydrogen (secondary N) is 1. The molecule has 0 spiro atoms. The summed E-state index contributed by atoms with van der Waals surface area (Å²) >= 11 is 0. The van der Waals surface area contributed by atoms with Gasteiger partial charge in [0.1, 0.15) is 28.8 Å². The molecule has 0 bridgehead atoms. The van der Waals surface area contributed by atoms with Crippen LogP contribution in [0.2, 0.25) is 0 Å². The molecule has 0 fully saturated rings. The molecular formula is C20H12F8N6O. The molecule has 0 aliphatic rings. The van der Waals surface area contributed by atoms with Crippen LogP contribution < -0.4 is 4.74 Å². The van der Waals surface area contributed by atoms with Crippen molar-refractivity contribution in [3.8, 4) is 39.7 Å². The third kappa shape index (κ3) is 4.93. The number of alkyl halides is 6. The molecule has 0 radical (unpaired) electrons. The molecule has 15 heteroatoms. The predicted octanol–water partition coefficient (Wildman–Crippen LogP) is 5.17. The normalized spacial score (nSPS) is 12.3. The largest absolute Gasteiger partial charge is 0.483 e. The van der Waals surface area contributed by atoms with Crippen molar-refractivity contribution < 1.29 is 39.9 Å². The summed E-state index contributed by atoms with van der Waals surface area (Å²) < 4.78 is 112. The Morgan fingerprint density at radius 1 is 0.971 bits per heavy atom. The molecule has 35 heavy (non-hydrogen) atoms. The molecule has 7 nitrogen and oxygen atoms in total. The quantitative estimate of drug-likeness (QED) is 0.380. The number of pyridine rings is 1. The summed E-state index contributed by atoms with van der Waals surface area (Å²) in [6, 6.07) is 3.41. The van der Waals surface area contributed by atoms with E-state index in [0.717, 1.165) is 12.3 Å². The SMILES string of the molecule is Cn1cnc(-c2cc(-c3n[nH]nc3C(F)(F)F)ccn2)c1-c1c(F)cc(F)cc1OCC(F)(F)F. The van der Waals surface area contributed by atoms with E-state index in [9.17, 15) is 35.1 Å². The van der Waals surface area contributed by atoms with Gasteiger partial charge in [-0.05, 0) is 12.1 Å². The van der Waals surface area contributed by atoms with Crippen molar-refractivity contribution in [3.63, 3.8) is 0 Å². The molecule has 0 saturated carbocycles. The van der Waals surface area contributed by atoms with E-state index in [0.29, 0.717) is 12.1 Å². The van der Waals surface area contributed by atoms with E-state index < -0.39 is 53.3 Å². The molecule has 1 aromatic carbocycles. The first-order valence-corrected chi connectivity index (χ1v) is 9.50. The standard InChI is InChI=1S/C20H12F8N6O/c1-34-8-30-16(12-4-9(2-3-29-12)15-18(20(26,27)28)32-33-31-15)17(34)14-11(22)5-10(21)6-13(14)35-7-19(23,24)25/h2-6,8H,7H2,1H3,(H,31,32,33). The highest BCUT2D eigenvalue weighted by molar-refractivity contribution is 5.82. The number of ether oxygens (including phenoxy) is 1. The van der Waals surface area contributed by atoms with Gasteiger partial charge in [-0.1, -0.05) is 0 Å².